The molecule has 0 spiro atoms. The van der Waals surface area contributed by atoms with Crippen LogP contribution in [-0.2, 0) is 9.90 Å². The van der Waals surface area contributed by atoms with Gasteiger partial charge in [0.15, 0.2) is 0 Å². The van der Waals surface area contributed by atoms with Gasteiger partial charge in [-0.2, -0.15) is 0 Å². The molecule has 4 heavy (non-hydrogen) atoms. The largest absolute Gasteiger partial charge is 0.352 e. The summed E-state index contributed by atoms with van der Waals surface area (Å²) in [6.45, 7) is -2.94. The molecule has 1 radical (unpaired) electrons. The Morgan fingerprint density at radius 3 is 2.50 bits per heavy atom. The summed E-state index contributed by atoms with van der Waals surface area (Å²) < 4.78 is 18.2. The number of carbonyl (C=O) groups excluding carboxylic acids is 1. The minimum absolute atomic E-state index is 2.01. The van der Waals surface area contributed by atoms with Crippen LogP contribution in [0.5, 0.6) is 0 Å². The summed E-state index contributed by atoms with van der Waals surface area (Å²) in [4.78, 5) is 9.35. The van der Waals surface area contributed by atoms with E-state index in [0.717, 1.165) is 0 Å². The molecule has 0 unspecified atom stereocenters. The van der Waals surface area contributed by atoms with Crippen LogP contribution in [0.15, 0.2) is 0 Å². The fourth-order valence-electron chi connectivity index (χ4n) is 0. The topological polar surface area (TPSA) is 37.0 Å². The zero-order valence-corrected chi connectivity index (χ0v) is 1.82. The number of hydrogen-bond donors (Lipinski definition) is 0. The average molecular weight is 62.1 g/mol. The van der Waals surface area contributed by atoms with E-state index in [1.807, 2.05) is 0 Å². The molecule has 0 saturated heterocycles. The molecule has 23 valence electrons. The Balaban J connectivity index is 3.79. The van der Waals surface area contributed by atoms with Crippen molar-refractivity contribution < 1.29 is 14.0 Å². The van der Waals surface area contributed by atoms with Gasteiger partial charge in [-0.1, -0.05) is 0 Å². The molecule has 0 aromatic rings. The highest BCUT2D eigenvalue weighted by Gasteiger charge is 1.71. The summed E-state index contributed by atoms with van der Waals surface area (Å²) >= 11 is 0. The molecule has 2 nitrogen and oxygen atoms in total. The maximum atomic E-state index is 9.35. The summed E-state index contributed by atoms with van der Waals surface area (Å²) in [7, 11) is 0. The van der Waals surface area contributed by atoms with Crippen LogP contribution in [0, 0.1) is 0 Å². The molecule has 0 rings (SSSR count). The highest BCUT2D eigenvalue weighted by atomic mass is 16.4. The lowest BCUT2D eigenvalue weighted by atomic mass is 10.9. The van der Waals surface area contributed by atoms with E-state index in [-0.39, 0.29) is 0 Å². The van der Waals surface area contributed by atoms with Gasteiger partial charge in [0.1, 0.15) is 0 Å². The summed E-state index contributed by atoms with van der Waals surface area (Å²) in [5.41, 5.74) is 0. The molecule has 0 saturated carbocycles. The zero-order chi connectivity index (χ0) is 6.08. The minimum Gasteiger partial charge on any atom is -0.248 e. The van der Waals surface area contributed by atoms with Gasteiger partial charge >= 0.3 is 5.97 Å². The van der Waals surface area contributed by atoms with Crippen molar-refractivity contribution >= 4 is 5.97 Å². The molecule has 2 heteroatoms. The minimum atomic E-state index is -2.94. The number of carbonyl (C=O) groups is 1. The maximum absolute atomic E-state index is 9.35. The molecular weight excluding hydrogens is 56.0 g/mol. The lowest BCUT2D eigenvalue weighted by molar-refractivity contribution is -0.140. The first-order valence-electron chi connectivity index (χ1n) is 2.16. The van der Waals surface area contributed by atoms with Crippen LogP contribution in [0.2, 0.25) is 0 Å². The SMILES string of the molecule is [2H]C([2H])([2H])C([O])=O. The molecule has 0 amide bonds. The summed E-state index contributed by atoms with van der Waals surface area (Å²) in [6.07, 6.45) is 0. The van der Waals surface area contributed by atoms with Crippen molar-refractivity contribution in [2.45, 2.75) is 6.85 Å². The Kier molecular flexibility index (Phi) is 0.155. The first-order valence-corrected chi connectivity index (χ1v) is 0.658. The Hall–Kier alpha value is -0.530. The van der Waals surface area contributed by atoms with E-state index < -0.39 is 12.8 Å². The molecule has 0 aromatic carbocycles. The third kappa shape index (κ3) is 1.16. The van der Waals surface area contributed by atoms with E-state index in [4.69, 9.17) is 4.11 Å². The van der Waals surface area contributed by atoms with E-state index in [1.165, 1.54) is 0 Å². The van der Waals surface area contributed by atoms with Gasteiger partial charge in [0, 0.05) is 11.0 Å². The molecule has 0 aliphatic heterocycles. The van der Waals surface area contributed by atoms with E-state index in [2.05, 4.69) is 0 Å². The standard InChI is InChI=1S/C2H3O2/c1-2(3)4/h1H3/i1D3. The Morgan fingerprint density at radius 1 is 2.25 bits per heavy atom. The van der Waals surface area contributed by atoms with Gasteiger partial charge in [0.25, 0.3) is 0 Å². The van der Waals surface area contributed by atoms with Crippen molar-refractivity contribution in [3.63, 3.8) is 0 Å². The third-order valence-electron chi connectivity index (χ3n) is 0. The van der Waals surface area contributed by atoms with Gasteiger partial charge in [0.2, 0.25) is 0 Å². The van der Waals surface area contributed by atoms with Crippen LogP contribution in [0.25, 0.3) is 0 Å². The Morgan fingerprint density at radius 2 is 2.50 bits per heavy atom. The first kappa shape index (κ1) is 0.708. The predicted octanol–water partition coefficient (Wildman–Crippen LogP) is -0.0366. The van der Waals surface area contributed by atoms with Gasteiger partial charge in [-0.15, -0.1) is 0 Å². The van der Waals surface area contributed by atoms with Gasteiger partial charge in [-0.25, -0.2) is 9.90 Å². The zero-order valence-electron chi connectivity index (χ0n) is 4.82. The second-order valence-corrected chi connectivity index (χ2v) is 0.287. The molecular formula is C2H3O2. The smallest absolute Gasteiger partial charge is 0.248 e. The van der Waals surface area contributed by atoms with Crippen LogP contribution in [0.4, 0.5) is 0 Å². The fraction of sp³-hybridized carbons (Fsp3) is 0.500. The second-order valence-electron chi connectivity index (χ2n) is 0.287. The summed E-state index contributed by atoms with van der Waals surface area (Å²) in [6, 6.07) is 0. The normalized spacial score (nSPS) is 20.5. The lowest BCUT2D eigenvalue weighted by Crippen LogP contribution is -1.74. The molecule has 0 heterocycles. The quantitative estimate of drug-likeness (QED) is 0.388. The molecule has 0 bridgehead atoms. The van der Waals surface area contributed by atoms with Crippen molar-refractivity contribution in [2.24, 2.45) is 0 Å². The number of hydrogen-bond acceptors (Lipinski definition) is 1. The summed E-state index contributed by atoms with van der Waals surface area (Å²) in [5, 5.41) is 9.35. The number of rotatable bonds is 0. The molecule has 0 N–H and O–H groups in total. The van der Waals surface area contributed by atoms with Crippen LogP contribution in [0.3, 0.4) is 0 Å². The van der Waals surface area contributed by atoms with Crippen molar-refractivity contribution in [3.05, 3.63) is 0 Å². The van der Waals surface area contributed by atoms with Crippen LogP contribution in [-0.4, -0.2) is 5.97 Å². The van der Waals surface area contributed by atoms with Crippen molar-refractivity contribution in [1.82, 2.24) is 0 Å². The van der Waals surface area contributed by atoms with Crippen LogP contribution >= 0.6 is 0 Å². The predicted molar refractivity (Wildman–Crippen MR) is 11.4 cm³/mol. The molecule has 0 aliphatic rings. The average Bonchev–Trinajstić information content (AvgIpc) is 1.31. The maximum Gasteiger partial charge on any atom is 0.352 e. The molecule has 0 aliphatic carbocycles. The first-order chi connectivity index (χ1) is 2.94. The van der Waals surface area contributed by atoms with Crippen molar-refractivity contribution in [2.75, 3.05) is 0 Å². The van der Waals surface area contributed by atoms with Crippen LogP contribution < -0.4 is 0 Å². The van der Waals surface area contributed by atoms with E-state index in [9.17, 15) is 9.90 Å². The van der Waals surface area contributed by atoms with E-state index in [1.54, 1.807) is 0 Å². The Labute approximate surface area is 28.3 Å². The van der Waals surface area contributed by atoms with Crippen molar-refractivity contribution in [3.8, 4) is 0 Å². The van der Waals surface area contributed by atoms with E-state index >= 15 is 0 Å². The second kappa shape index (κ2) is 0.875. The van der Waals surface area contributed by atoms with Crippen molar-refractivity contribution in [1.29, 1.82) is 0 Å². The Bertz CT molecular complexity index is 83.4. The van der Waals surface area contributed by atoms with Gasteiger partial charge in [-0.05, 0) is 0 Å². The lowest BCUT2D eigenvalue weighted by Gasteiger charge is -1.50. The molecule has 0 fully saturated rings. The molecule has 0 atom stereocenters. The van der Waals surface area contributed by atoms with Crippen LogP contribution in [0.1, 0.15) is 11.0 Å². The summed E-state index contributed by atoms with van der Waals surface area (Å²) in [5.74, 6) is -2.01. The van der Waals surface area contributed by atoms with E-state index in [0.29, 0.717) is 0 Å². The monoisotopic (exact) mass is 62.0 g/mol. The molecule has 0 aromatic heterocycles. The fourth-order valence-corrected chi connectivity index (χ4v) is 0. The highest BCUT2D eigenvalue weighted by molar-refractivity contribution is 5.62. The van der Waals surface area contributed by atoms with Gasteiger partial charge < -0.3 is 0 Å². The van der Waals surface area contributed by atoms with Gasteiger partial charge in [-0.3, -0.25) is 0 Å². The van der Waals surface area contributed by atoms with Gasteiger partial charge in [0.05, 0.1) is 0 Å². The third-order valence-corrected chi connectivity index (χ3v) is 0. The highest BCUT2D eigenvalue weighted by Crippen LogP contribution is 1.45.